The molecule has 6 rings (SSSR count). The average molecular weight is 309 g/mol. The third-order valence-electron chi connectivity index (χ3n) is 5.80. The molecule has 2 heterocycles. The third kappa shape index (κ3) is 1.63. The molecule has 2 bridgehead atoms. The molecule has 1 N–H and O–H groups in total. The van der Waals surface area contributed by atoms with Gasteiger partial charge in [-0.15, -0.1) is 0 Å². The van der Waals surface area contributed by atoms with Crippen molar-refractivity contribution in [3.63, 3.8) is 0 Å². The van der Waals surface area contributed by atoms with Crippen molar-refractivity contribution in [2.45, 2.75) is 6.42 Å². The Labute approximate surface area is 132 Å². The highest BCUT2D eigenvalue weighted by Gasteiger charge is 2.67. The largest absolute Gasteiger partial charge is 0.272 e. The number of carbonyl (C=O) groups excluding carboxylic acids is 3. The maximum absolute atomic E-state index is 12.7. The van der Waals surface area contributed by atoms with E-state index in [1.165, 1.54) is 6.20 Å². The van der Waals surface area contributed by atoms with Crippen molar-refractivity contribution in [3.05, 3.63) is 42.2 Å². The zero-order chi connectivity index (χ0) is 15.7. The van der Waals surface area contributed by atoms with Crippen molar-refractivity contribution in [1.82, 2.24) is 15.4 Å². The number of pyridine rings is 1. The van der Waals surface area contributed by atoms with Crippen LogP contribution < -0.4 is 5.43 Å². The highest BCUT2D eigenvalue weighted by atomic mass is 16.2. The summed E-state index contributed by atoms with van der Waals surface area (Å²) < 4.78 is 0. The van der Waals surface area contributed by atoms with Gasteiger partial charge in [-0.3, -0.25) is 24.8 Å². The molecule has 1 saturated heterocycles. The maximum atomic E-state index is 12.7. The molecule has 116 valence electrons. The Bertz CT molecular complexity index is 724. The van der Waals surface area contributed by atoms with E-state index in [2.05, 4.69) is 22.6 Å². The number of aromatic nitrogens is 1. The standard InChI is InChI=1S/C17H15N3O3/c21-15(8-2-1-5-18-7-8)19-20-16(22)13-9-3-4-10(12-6-11(9)12)14(13)17(20)23/h1-5,7,9-14H,6H2,(H,19,21)/t9-,10+,11-,12+,13-,14+. The van der Waals surface area contributed by atoms with Crippen molar-refractivity contribution in [3.8, 4) is 0 Å². The lowest BCUT2D eigenvalue weighted by molar-refractivity contribution is -0.143. The van der Waals surface area contributed by atoms with E-state index in [0.29, 0.717) is 17.4 Å². The third-order valence-corrected chi connectivity index (χ3v) is 5.80. The Hall–Kier alpha value is -2.50. The SMILES string of the molecule is O=C(NN1C(=O)[C@@H]2[C@@H]3C=C[C@@H]([C@@H]4C[C@H]34)[C@@H]2C1=O)c1cccnc1. The van der Waals surface area contributed by atoms with Crippen molar-refractivity contribution >= 4 is 17.7 Å². The smallest absolute Gasteiger partial charge is 0.271 e. The van der Waals surface area contributed by atoms with E-state index < -0.39 is 5.91 Å². The normalized spacial score (nSPS) is 39.2. The van der Waals surface area contributed by atoms with Crippen LogP contribution in [0.3, 0.4) is 0 Å². The van der Waals surface area contributed by atoms with Crippen LogP contribution in [0.1, 0.15) is 16.8 Å². The highest BCUT2D eigenvalue weighted by molar-refractivity contribution is 6.08. The molecular weight excluding hydrogens is 294 g/mol. The number of hydrogen-bond donors (Lipinski definition) is 1. The molecule has 0 aromatic carbocycles. The first kappa shape index (κ1) is 13.0. The molecule has 0 unspecified atom stereocenters. The molecule has 3 amide bonds. The molecule has 1 aromatic heterocycles. The highest BCUT2D eigenvalue weighted by Crippen LogP contribution is 2.65. The van der Waals surface area contributed by atoms with Crippen molar-refractivity contribution in [2.75, 3.05) is 0 Å². The molecule has 1 aromatic rings. The fourth-order valence-electron chi connectivity index (χ4n) is 4.73. The van der Waals surface area contributed by atoms with Crippen molar-refractivity contribution in [2.24, 2.45) is 35.5 Å². The number of allylic oxidation sites excluding steroid dienone is 2. The summed E-state index contributed by atoms with van der Waals surface area (Å²) in [5.41, 5.74) is 2.80. The number of amides is 3. The number of nitrogens with zero attached hydrogens (tertiary/aromatic N) is 2. The number of imide groups is 1. The second-order valence-corrected chi connectivity index (χ2v) is 6.85. The first-order valence-corrected chi connectivity index (χ1v) is 7.94. The van der Waals surface area contributed by atoms with Crippen LogP contribution in [0.2, 0.25) is 0 Å². The van der Waals surface area contributed by atoms with Gasteiger partial charge in [-0.05, 0) is 42.2 Å². The molecule has 1 aliphatic heterocycles. The Morgan fingerprint density at radius 3 is 2.35 bits per heavy atom. The van der Waals surface area contributed by atoms with E-state index in [-0.39, 0.29) is 35.5 Å². The van der Waals surface area contributed by atoms with Crippen LogP contribution in [-0.2, 0) is 9.59 Å². The summed E-state index contributed by atoms with van der Waals surface area (Å²) in [6, 6.07) is 3.24. The number of nitrogens with one attached hydrogen (secondary N) is 1. The van der Waals surface area contributed by atoms with Gasteiger partial charge in [0.25, 0.3) is 17.7 Å². The van der Waals surface area contributed by atoms with Gasteiger partial charge in [-0.1, -0.05) is 12.2 Å². The Morgan fingerprint density at radius 2 is 1.78 bits per heavy atom. The van der Waals surface area contributed by atoms with Gasteiger partial charge < -0.3 is 0 Å². The summed E-state index contributed by atoms with van der Waals surface area (Å²) in [4.78, 5) is 41.5. The van der Waals surface area contributed by atoms with Gasteiger partial charge in [0.1, 0.15) is 0 Å². The number of carbonyl (C=O) groups is 3. The average Bonchev–Trinajstić information content (AvgIpc) is 3.37. The molecule has 2 saturated carbocycles. The topological polar surface area (TPSA) is 79.4 Å². The van der Waals surface area contributed by atoms with E-state index in [1.807, 2.05) is 0 Å². The fourth-order valence-corrected chi connectivity index (χ4v) is 4.73. The van der Waals surface area contributed by atoms with E-state index in [1.54, 1.807) is 18.3 Å². The summed E-state index contributed by atoms with van der Waals surface area (Å²) in [7, 11) is 0. The summed E-state index contributed by atoms with van der Waals surface area (Å²) in [6.45, 7) is 0. The fraction of sp³-hybridized carbons (Fsp3) is 0.412. The van der Waals surface area contributed by atoms with Gasteiger partial charge in [-0.25, -0.2) is 0 Å². The van der Waals surface area contributed by atoms with Crippen LogP contribution in [0, 0.1) is 35.5 Å². The van der Waals surface area contributed by atoms with Gasteiger partial charge >= 0.3 is 0 Å². The Balaban J connectivity index is 1.42. The van der Waals surface area contributed by atoms with Gasteiger partial charge in [0.2, 0.25) is 0 Å². The minimum atomic E-state index is -0.482. The molecule has 6 heteroatoms. The second-order valence-electron chi connectivity index (χ2n) is 6.85. The summed E-state index contributed by atoms with van der Waals surface area (Å²) in [6.07, 6.45) is 8.31. The quantitative estimate of drug-likeness (QED) is 0.647. The molecule has 0 spiro atoms. The van der Waals surface area contributed by atoms with Crippen LogP contribution >= 0.6 is 0 Å². The van der Waals surface area contributed by atoms with E-state index >= 15 is 0 Å². The number of hydrazine groups is 1. The molecule has 3 fully saturated rings. The molecule has 4 aliphatic carbocycles. The molecule has 5 aliphatic rings. The minimum absolute atomic E-state index is 0.159. The van der Waals surface area contributed by atoms with Crippen LogP contribution in [0.25, 0.3) is 0 Å². The Kier molecular flexibility index (Phi) is 2.42. The van der Waals surface area contributed by atoms with E-state index in [9.17, 15) is 14.4 Å². The van der Waals surface area contributed by atoms with Crippen LogP contribution in [0.4, 0.5) is 0 Å². The van der Waals surface area contributed by atoms with Crippen LogP contribution in [0.15, 0.2) is 36.7 Å². The minimum Gasteiger partial charge on any atom is -0.272 e. The molecular formula is C17H15N3O3. The van der Waals surface area contributed by atoms with E-state index in [0.717, 1.165) is 11.4 Å². The lowest BCUT2D eigenvalue weighted by Crippen LogP contribution is -2.46. The van der Waals surface area contributed by atoms with Crippen LogP contribution in [0.5, 0.6) is 0 Å². The monoisotopic (exact) mass is 309 g/mol. The predicted molar refractivity (Wildman–Crippen MR) is 78.3 cm³/mol. The lowest BCUT2D eigenvalue weighted by Gasteiger charge is -2.37. The maximum Gasteiger partial charge on any atom is 0.271 e. The van der Waals surface area contributed by atoms with E-state index in [4.69, 9.17) is 0 Å². The zero-order valence-corrected chi connectivity index (χ0v) is 12.3. The van der Waals surface area contributed by atoms with Crippen LogP contribution in [-0.4, -0.2) is 27.7 Å². The predicted octanol–water partition coefficient (Wildman–Crippen LogP) is 0.779. The summed E-state index contributed by atoms with van der Waals surface area (Å²) in [5.74, 6) is -0.175. The first-order valence-electron chi connectivity index (χ1n) is 7.94. The lowest BCUT2D eigenvalue weighted by atomic mass is 9.63. The molecule has 0 radical (unpaired) electrons. The van der Waals surface area contributed by atoms with Crippen molar-refractivity contribution in [1.29, 1.82) is 0 Å². The second kappa shape index (κ2) is 4.28. The number of rotatable bonds is 2. The Morgan fingerprint density at radius 1 is 1.13 bits per heavy atom. The molecule has 23 heavy (non-hydrogen) atoms. The first-order chi connectivity index (χ1) is 11.2. The summed E-state index contributed by atoms with van der Waals surface area (Å²) in [5, 5.41) is 0.947. The number of hydrogen-bond acceptors (Lipinski definition) is 4. The zero-order valence-electron chi connectivity index (χ0n) is 12.3. The van der Waals surface area contributed by atoms with Gasteiger partial charge in [-0.2, -0.15) is 5.01 Å². The molecule has 6 nitrogen and oxygen atoms in total. The van der Waals surface area contributed by atoms with Gasteiger partial charge in [0.05, 0.1) is 17.4 Å². The summed E-state index contributed by atoms with van der Waals surface area (Å²) >= 11 is 0. The van der Waals surface area contributed by atoms with Crippen molar-refractivity contribution < 1.29 is 14.4 Å². The van der Waals surface area contributed by atoms with Gasteiger partial charge in [0, 0.05) is 12.4 Å². The molecule has 6 atom stereocenters. The van der Waals surface area contributed by atoms with Gasteiger partial charge in [0.15, 0.2) is 0 Å².